The number of aryl methyl sites for hydroxylation is 1. The lowest BCUT2D eigenvalue weighted by molar-refractivity contribution is 0.611. The van der Waals surface area contributed by atoms with Crippen LogP contribution in [0.3, 0.4) is 0 Å². The van der Waals surface area contributed by atoms with Crippen molar-refractivity contribution in [2.45, 2.75) is 6.92 Å². The van der Waals surface area contributed by atoms with Crippen molar-refractivity contribution in [3.8, 4) is 5.69 Å². The van der Waals surface area contributed by atoms with E-state index in [9.17, 15) is 4.39 Å². The summed E-state index contributed by atoms with van der Waals surface area (Å²) in [4.78, 5) is 0. The fourth-order valence-corrected chi connectivity index (χ4v) is 1.67. The van der Waals surface area contributed by atoms with Gasteiger partial charge in [0.2, 0.25) is 0 Å². The smallest absolute Gasteiger partial charge is 0.148 e. The van der Waals surface area contributed by atoms with Crippen molar-refractivity contribution in [3.05, 3.63) is 39.3 Å². The molecule has 1 aromatic heterocycles. The minimum atomic E-state index is -0.330. The summed E-state index contributed by atoms with van der Waals surface area (Å²) in [6, 6.07) is 6.42. The lowest BCUT2D eigenvalue weighted by atomic mass is 10.3. The van der Waals surface area contributed by atoms with Gasteiger partial charge in [0.25, 0.3) is 0 Å². The quantitative estimate of drug-likeness (QED) is 0.822. The van der Waals surface area contributed by atoms with Crippen molar-refractivity contribution >= 4 is 28.4 Å². The van der Waals surface area contributed by atoms with Gasteiger partial charge in [0.1, 0.15) is 17.3 Å². The number of hydrogen-bond donors (Lipinski definition) is 1. The molecule has 0 aliphatic heterocycles. The van der Waals surface area contributed by atoms with Crippen LogP contribution in [0, 0.1) is 16.3 Å². The van der Waals surface area contributed by atoms with Crippen molar-refractivity contribution in [3.63, 3.8) is 0 Å². The predicted molar refractivity (Wildman–Crippen MR) is 65.4 cm³/mol. The second kappa shape index (κ2) is 3.80. The zero-order chi connectivity index (χ0) is 11.0. The molecule has 0 spiro atoms. The molecule has 0 bridgehead atoms. The number of nitrogen functional groups attached to an aromatic ring is 1. The van der Waals surface area contributed by atoms with E-state index in [1.165, 1.54) is 10.7 Å². The van der Waals surface area contributed by atoms with Crippen LogP contribution in [0.25, 0.3) is 5.69 Å². The summed E-state index contributed by atoms with van der Waals surface area (Å²) in [5.41, 5.74) is 7.01. The predicted octanol–water partition coefficient (Wildman–Crippen LogP) is 2.51. The fraction of sp³-hybridized carbons (Fsp3) is 0.100. The maximum atomic E-state index is 13.5. The van der Waals surface area contributed by atoms with E-state index in [1.54, 1.807) is 18.2 Å². The van der Waals surface area contributed by atoms with Crippen LogP contribution >= 0.6 is 22.6 Å². The molecular weight excluding hydrogens is 308 g/mol. The molecule has 2 rings (SSSR count). The van der Waals surface area contributed by atoms with Crippen LogP contribution in [0.4, 0.5) is 10.2 Å². The number of aromatic nitrogens is 2. The van der Waals surface area contributed by atoms with Gasteiger partial charge in [-0.2, -0.15) is 5.10 Å². The Balaban J connectivity index is 2.65. The van der Waals surface area contributed by atoms with Gasteiger partial charge in [0.05, 0.1) is 9.26 Å². The molecule has 5 heteroatoms. The molecule has 1 heterocycles. The number of nitrogens with two attached hydrogens (primary N) is 1. The number of nitrogens with zero attached hydrogens (tertiary/aromatic N) is 2. The van der Waals surface area contributed by atoms with Crippen molar-refractivity contribution in [2.24, 2.45) is 0 Å². The third-order valence-electron chi connectivity index (χ3n) is 2.10. The van der Waals surface area contributed by atoms with Gasteiger partial charge in [-0.05, 0) is 41.6 Å². The second-order valence-corrected chi connectivity index (χ2v) is 4.23. The van der Waals surface area contributed by atoms with E-state index in [2.05, 4.69) is 27.7 Å². The number of para-hydroxylation sites is 1. The average molecular weight is 317 g/mol. The Morgan fingerprint density at radius 2 is 2.07 bits per heavy atom. The normalized spacial score (nSPS) is 10.6. The van der Waals surface area contributed by atoms with E-state index in [0.717, 1.165) is 9.26 Å². The van der Waals surface area contributed by atoms with Crippen LogP contribution in [0.5, 0.6) is 0 Å². The fourth-order valence-electron chi connectivity index (χ4n) is 1.33. The van der Waals surface area contributed by atoms with Crippen molar-refractivity contribution in [1.82, 2.24) is 9.78 Å². The third-order valence-corrected chi connectivity index (χ3v) is 3.43. The molecule has 0 aliphatic carbocycles. The molecule has 0 saturated carbocycles. The molecule has 0 amide bonds. The molecule has 0 atom stereocenters. The van der Waals surface area contributed by atoms with Gasteiger partial charge in [-0.1, -0.05) is 12.1 Å². The maximum Gasteiger partial charge on any atom is 0.148 e. The second-order valence-electron chi connectivity index (χ2n) is 3.15. The Kier molecular flexibility index (Phi) is 2.64. The molecule has 1 aromatic carbocycles. The van der Waals surface area contributed by atoms with E-state index in [-0.39, 0.29) is 5.82 Å². The van der Waals surface area contributed by atoms with Crippen LogP contribution in [0.15, 0.2) is 24.3 Å². The lowest BCUT2D eigenvalue weighted by Crippen LogP contribution is -2.04. The highest BCUT2D eigenvalue weighted by Gasteiger charge is 2.13. The molecule has 15 heavy (non-hydrogen) atoms. The summed E-state index contributed by atoms with van der Waals surface area (Å²) in [6.45, 7) is 1.84. The molecule has 0 unspecified atom stereocenters. The molecule has 0 saturated heterocycles. The van der Waals surface area contributed by atoms with Gasteiger partial charge in [0.15, 0.2) is 0 Å². The van der Waals surface area contributed by atoms with Crippen LogP contribution in [0.1, 0.15) is 5.69 Å². The standard InChI is InChI=1S/C10H9FIN3/c1-6-9(12)10(13)15(14-6)8-5-3-2-4-7(8)11/h2-5H,13H2,1H3. The van der Waals surface area contributed by atoms with E-state index < -0.39 is 0 Å². The Morgan fingerprint density at radius 3 is 2.60 bits per heavy atom. The van der Waals surface area contributed by atoms with E-state index in [0.29, 0.717) is 11.5 Å². The third kappa shape index (κ3) is 1.71. The molecule has 3 nitrogen and oxygen atoms in total. The topological polar surface area (TPSA) is 43.8 Å². The number of benzene rings is 1. The molecule has 78 valence electrons. The molecular formula is C10H9FIN3. The van der Waals surface area contributed by atoms with Gasteiger partial charge in [-0.25, -0.2) is 9.07 Å². The van der Waals surface area contributed by atoms with Crippen molar-refractivity contribution < 1.29 is 4.39 Å². The highest BCUT2D eigenvalue weighted by molar-refractivity contribution is 14.1. The summed E-state index contributed by atoms with van der Waals surface area (Å²) in [7, 11) is 0. The minimum absolute atomic E-state index is 0.330. The zero-order valence-electron chi connectivity index (χ0n) is 8.04. The highest BCUT2D eigenvalue weighted by atomic mass is 127. The first-order valence-corrected chi connectivity index (χ1v) is 5.44. The first-order chi connectivity index (χ1) is 7.11. The number of rotatable bonds is 1. The Bertz CT molecular complexity index is 507. The number of anilines is 1. The summed E-state index contributed by atoms with van der Waals surface area (Å²) < 4.78 is 15.8. The van der Waals surface area contributed by atoms with Crippen molar-refractivity contribution in [1.29, 1.82) is 0 Å². The average Bonchev–Trinajstić information content (AvgIpc) is 2.47. The van der Waals surface area contributed by atoms with Gasteiger partial charge in [-0.3, -0.25) is 0 Å². The first kappa shape index (κ1) is 10.4. The van der Waals surface area contributed by atoms with E-state index in [1.807, 2.05) is 6.92 Å². The Hall–Kier alpha value is -1.11. The van der Waals surface area contributed by atoms with Crippen molar-refractivity contribution in [2.75, 3.05) is 5.73 Å². The SMILES string of the molecule is Cc1nn(-c2ccccc2F)c(N)c1I. The van der Waals surface area contributed by atoms with Gasteiger partial charge in [-0.15, -0.1) is 0 Å². The monoisotopic (exact) mass is 317 g/mol. The van der Waals surface area contributed by atoms with E-state index >= 15 is 0 Å². The maximum absolute atomic E-state index is 13.5. The molecule has 2 N–H and O–H groups in total. The molecule has 0 radical (unpaired) electrons. The largest absolute Gasteiger partial charge is 0.383 e. The molecule has 0 fully saturated rings. The van der Waals surface area contributed by atoms with E-state index in [4.69, 9.17) is 5.73 Å². The number of halogens is 2. The van der Waals surface area contributed by atoms with Gasteiger partial charge in [0, 0.05) is 0 Å². The summed E-state index contributed by atoms with van der Waals surface area (Å²) in [5, 5.41) is 4.18. The molecule has 0 aliphatic rings. The molecule has 2 aromatic rings. The van der Waals surface area contributed by atoms with Crippen LogP contribution in [0.2, 0.25) is 0 Å². The van der Waals surface area contributed by atoms with Crippen LogP contribution < -0.4 is 5.73 Å². The first-order valence-electron chi connectivity index (χ1n) is 4.36. The summed E-state index contributed by atoms with van der Waals surface area (Å²) in [5.74, 6) is 0.140. The van der Waals surface area contributed by atoms with Gasteiger partial charge >= 0.3 is 0 Å². The zero-order valence-corrected chi connectivity index (χ0v) is 10.2. The van der Waals surface area contributed by atoms with Crippen LogP contribution in [-0.4, -0.2) is 9.78 Å². The Labute approximate surface area is 100 Å². The van der Waals surface area contributed by atoms with Crippen LogP contribution in [-0.2, 0) is 0 Å². The Morgan fingerprint density at radius 1 is 1.40 bits per heavy atom. The highest BCUT2D eigenvalue weighted by Crippen LogP contribution is 2.23. The lowest BCUT2D eigenvalue weighted by Gasteiger charge is -2.04. The van der Waals surface area contributed by atoms with Gasteiger partial charge < -0.3 is 5.73 Å². The number of hydrogen-bond acceptors (Lipinski definition) is 2. The summed E-state index contributed by atoms with van der Waals surface area (Å²) >= 11 is 2.10. The minimum Gasteiger partial charge on any atom is -0.383 e. The summed E-state index contributed by atoms with van der Waals surface area (Å²) in [6.07, 6.45) is 0.